The Kier molecular flexibility index (Phi) is 4.10. The highest BCUT2D eigenvalue weighted by molar-refractivity contribution is 7.80. The monoisotopic (exact) mass is 303 g/mol. The molecular weight excluding hydrogens is 286 g/mol. The van der Waals surface area contributed by atoms with Crippen LogP contribution in [0.3, 0.4) is 0 Å². The van der Waals surface area contributed by atoms with Crippen LogP contribution in [0.15, 0.2) is 35.8 Å². The maximum Gasteiger partial charge on any atom is 0.122 e. The Hall–Kier alpha value is -1.30. The van der Waals surface area contributed by atoms with E-state index in [9.17, 15) is 0 Å². The van der Waals surface area contributed by atoms with E-state index in [-0.39, 0.29) is 0 Å². The molecule has 2 heterocycles. The quantitative estimate of drug-likeness (QED) is 0.833. The standard InChI is InChI=1S/C15H17N3S2/c16-15(19)14-8-11(5-6-17-14)9-18(12-3-4-12)10-13-2-1-7-20-13/h1-2,5-8,12H,3-4,9-10H2,(H2,16,19). The van der Waals surface area contributed by atoms with Gasteiger partial charge in [0, 0.05) is 30.2 Å². The molecular formula is C15H17N3S2. The first-order valence-electron chi connectivity index (χ1n) is 6.73. The highest BCUT2D eigenvalue weighted by Gasteiger charge is 2.29. The van der Waals surface area contributed by atoms with Gasteiger partial charge in [0.15, 0.2) is 0 Å². The zero-order chi connectivity index (χ0) is 13.9. The van der Waals surface area contributed by atoms with Crippen LogP contribution in [0.5, 0.6) is 0 Å². The third-order valence-corrected chi connectivity index (χ3v) is 4.54. The summed E-state index contributed by atoms with van der Waals surface area (Å²) < 4.78 is 0. The third kappa shape index (κ3) is 3.42. The Balaban J connectivity index is 1.73. The molecule has 0 aromatic carbocycles. The minimum absolute atomic E-state index is 0.364. The molecule has 1 aliphatic rings. The highest BCUT2D eigenvalue weighted by Crippen LogP contribution is 2.30. The highest BCUT2D eigenvalue weighted by atomic mass is 32.1. The number of thiophene rings is 1. The molecule has 0 atom stereocenters. The number of nitrogens with two attached hydrogens (primary N) is 1. The smallest absolute Gasteiger partial charge is 0.122 e. The summed E-state index contributed by atoms with van der Waals surface area (Å²) in [6, 6.07) is 9.09. The molecule has 0 saturated heterocycles. The Morgan fingerprint density at radius 3 is 2.90 bits per heavy atom. The first-order chi connectivity index (χ1) is 9.72. The second-order valence-electron chi connectivity index (χ2n) is 5.13. The number of aromatic nitrogens is 1. The van der Waals surface area contributed by atoms with Gasteiger partial charge in [-0.3, -0.25) is 9.88 Å². The van der Waals surface area contributed by atoms with Crippen molar-refractivity contribution >= 4 is 28.5 Å². The molecule has 20 heavy (non-hydrogen) atoms. The third-order valence-electron chi connectivity index (χ3n) is 3.46. The van der Waals surface area contributed by atoms with Gasteiger partial charge in [-0.2, -0.15) is 0 Å². The van der Waals surface area contributed by atoms with Crippen LogP contribution in [0.1, 0.15) is 29.0 Å². The van der Waals surface area contributed by atoms with Crippen molar-refractivity contribution in [3.8, 4) is 0 Å². The van der Waals surface area contributed by atoms with Crippen molar-refractivity contribution in [1.29, 1.82) is 0 Å². The van der Waals surface area contributed by atoms with E-state index in [0.717, 1.165) is 19.1 Å². The van der Waals surface area contributed by atoms with Crippen LogP contribution < -0.4 is 5.73 Å². The lowest BCUT2D eigenvalue weighted by molar-refractivity contribution is 0.248. The van der Waals surface area contributed by atoms with Gasteiger partial charge < -0.3 is 5.73 Å². The fraction of sp³-hybridized carbons (Fsp3) is 0.333. The van der Waals surface area contributed by atoms with Gasteiger partial charge in [-0.15, -0.1) is 11.3 Å². The number of nitrogens with zero attached hydrogens (tertiary/aromatic N) is 2. The summed E-state index contributed by atoms with van der Waals surface area (Å²) in [5.41, 5.74) is 7.59. The van der Waals surface area contributed by atoms with Gasteiger partial charge in [-0.1, -0.05) is 18.3 Å². The Labute approximate surface area is 128 Å². The molecule has 3 rings (SSSR count). The summed E-state index contributed by atoms with van der Waals surface area (Å²) >= 11 is 6.82. The summed E-state index contributed by atoms with van der Waals surface area (Å²) in [5, 5.41) is 2.14. The Morgan fingerprint density at radius 1 is 1.40 bits per heavy atom. The van der Waals surface area contributed by atoms with Crippen LogP contribution in [0.4, 0.5) is 0 Å². The van der Waals surface area contributed by atoms with E-state index >= 15 is 0 Å². The lowest BCUT2D eigenvalue weighted by Gasteiger charge is -2.21. The number of hydrogen-bond acceptors (Lipinski definition) is 4. The minimum atomic E-state index is 0.364. The van der Waals surface area contributed by atoms with Crippen LogP contribution in [0, 0.1) is 0 Å². The normalized spacial score (nSPS) is 14.7. The van der Waals surface area contributed by atoms with Crippen molar-refractivity contribution in [2.24, 2.45) is 5.73 Å². The molecule has 2 aromatic heterocycles. The van der Waals surface area contributed by atoms with Gasteiger partial charge in [0.25, 0.3) is 0 Å². The average Bonchev–Trinajstić information content (AvgIpc) is 3.17. The van der Waals surface area contributed by atoms with Gasteiger partial charge in [0.2, 0.25) is 0 Å². The molecule has 0 spiro atoms. The summed E-state index contributed by atoms with van der Waals surface area (Å²) in [5.74, 6) is 0. The maximum atomic E-state index is 5.65. The molecule has 0 amide bonds. The molecule has 1 saturated carbocycles. The van der Waals surface area contributed by atoms with Crippen molar-refractivity contribution < 1.29 is 0 Å². The zero-order valence-electron chi connectivity index (χ0n) is 11.2. The molecule has 0 radical (unpaired) electrons. The van der Waals surface area contributed by atoms with E-state index in [2.05, 4.69) is 27.4 Å². The summed E-state index contributed by atoms with van der Waals surface area (Å²) in [6.45, 7) is 1.95. The van der Waals surface area contributed by atoms with Gasteiger partial charge in [0.05, 0.1) is 5.69 Å². The second-order valence-corrected chi connectivity index (χ2v) is 6.60. The lowest BCUT2D eigenvalue weighted by atomic mass is 10.2. The molecule has 0 unspecified atom stereocenters. The predicted molar refractivity (Wildman–Crippen MR) is 86.7 cm³/mol. The van der Waals surface area contributed by atoms with E-state index in [1.165, 1.54) is 23.3 Å². The molecule has 2 aromatic rings. The average molecular weight is 303 g/mol. The molecule has 2 N–H and O–H groups in total. The van der Waals surface area contributed by atoms with Crippen LogP contribution >= 0.6 is 23.6 Å². The summed E-state index contributed by atoms with van der Waals surface area (Å²) in [7, 11) is 0. The van der Waals surface area contributed by atoms with Gasteiger partial charge in [0.1, 0.15) is 4.99 Å². The van der Waals surface area contributed by atoms with Crippen LogP contribution in [0.25, 0.3) is 0 Å². The number of thiocarbonyl (C=S) groups is 1. The van der Waals surface area contributed by atoms with E-state index in [4.69, 9.17) is 18.0 Å². The first kappa shape index (κ1) is 13.7. The van der Waals surface area contributed by atoms with Crippen molar-refractivity contribution in [1.82, 2.24) is 9.88 Å². The number of rotatable bonds is 6. The number of hydrogen-bond donors (Lipinski definition) is 1. The van der Waals surface area contributed by atoms with E-state index in [1.54, 1.807) is 6.20 Å². The SMILES string of the molecule is NC(=S)c1cc(CN(Cc2cccs2)C2CC2)ccn1. The van der Waals surface area contributed by atoms with Crippen molar-refractivity contribution in [3.63, 3.8) is 0 Å². The molecule has 1 fully saturated rings. The second kappa shape index (κ2) is 5.99. The largest absolute Gasteiger partial charge is 0.388 e. The Bertz CT molecular complexity index is 591. The zero-order valence-corrected chi connectivity index (χ0v) is 12.8. The molecule has 0 aliphatic heterocycles. The Morgan fingerprint density at radius 2 is 2.25 bits per heavy atom. The van der Waals surface area contributed by atoms with Gasteiger partial charge in [-0.25, -0.2) is 0 Å². The maximum absolute atomic E-state index is 5.65. The fourth-order valence-corrected chi connectivity index (χ4v) is 3.14. The van der Waals surface area contributed by atoms with Gasteiger partial charge in [-0.05, 0) is 42.0 Å². The molecule has 5 heteroatoms. The van der Waals surface area contributed by atoms with Gasteiger partial charge >= 0.3 is 0 Å². The molecule has 0 bridgehead atoms. The van der Waals surface area contributed by atoms with Crippen LogP contribution in [0.2, 0.25) is 0 Å². The number of pyridine rings is 1. The van der Waals surface area contributed by atoms with E-state index in [1.807, 2.05) is 23.5 Å². The van der Waals surface area contributed by atoms with E-state index in [0.29, 0.717) is 10.7 Å². The van der Waals surface area contributed by atoms with Crippen LogP contribution in [-0.2, 0) is 13.1 Å². The minimum Gasteiger partial charge on any atom is -0.388 e. The van der Waals surface area contributed by atoms with Crippen LogP contribution in [-0.4, -0.2) is 20.9 Å². The fourth-order valence-electron chi connectivity index (χ4n) is 2.30. The van der Waals surface area contributed by atoms with Crippen molar-refractivity contribution in [3.05, 3.63) is 52.0 Å². The molecule has 3 nitrogen and oxygen atoms in total. The predicted octanol–water partition coefficient (Wildman–Crippen LogP) is 2.94. The summed E-state index contributed by atoms with van der Waals surface area (Å²) in [6.07, 6.45) is 4.40. The van der Waals surface area contributed by atoms with Crippen molar-refractivity contribution in [2.45, 2.75) is 32.0 Å². The topological polar surface area (TPSA) is 42.1 Å². The molecule has 104 valence electrons. The lowest BCUT2D eigenvalue weighted by Crippen LogP contribution is -2.25. The summed E-state index contributed by atoms with van der Waals surface area (Å²) in [4.78, 5) is 8.51. The van der Waals surface area contributed by atoms with E-state index < -0.39 is 0 Å². The van der Waals surface area contributed by atoms with Crippen molar-refractivity contribution in [2.75, 3.05) is 0 Å². The first-order valence-corrected chi connectivity index (χ1v) is 8.02. The molecule has 1 aliphatic carbocycles.